The zero-order valence-corrected chi connectivity index (χ0v) is 13.7. The number of rotatable bonds is 5. The average molecular weight is 323 g/mol. The summed E-state index contributed by atoms with van der Waals surface area (Å²) in [6.07, 6.45) is 3.44. The van der Waals surface area contributed by atoms with Crippen molar-refractivity contribution in [1.82, 2.24) is 10.2 Å². The highest BCUT2D eigenvalue weighted by Gasteiger charge is 2.24. The maximum absolute atomic E-state index is 12.5. The number of nitrogens with zero attached hydrogens (tertiary/aromatic N) is 1. The molecule has 1 aromatic rings. The fraction of sp³-hybridized carbons (Fsp3) is 0.529. The van der Waals surface area contributed by atoms with Crippen molar-refractivity contribution in [3.05, 3.63) is 34.9 Å². The molecule has 0 saturated carbocycles. The Morgan fingerprint density at radius 1 is 1.41 bits per heavy atom. The van der Waals surface area contributed by atoms with Gasteiger partial charge in [-0.25, -0.2) is 0 Å². The number of benzene rings is 1. The fourth-order valence-corrected chi connectivity index (χ4v) is 2.98. The molecule has 1 N–H and O–H groups in total. The zero-order chi connectivity index (χ0) is 15.9. The highest BCUT2D eigenvalue weighted by Crippen LogP contribution is 2.19. The Labute approximate surface area is 136 Å². The normalized spacial score (nSPS) is 18.1. The number of hydrogen-bond donors (Lipinski definition) is 1. The third-order valence-electron chi connectivity index (χ3n) is 3.94. The first-order chi connectivity index (χ1) is 10.6. The van der Waals surface area contributed by atoms with Crippen LogP contribution in [0.4, 0.5) is 0 Å². The number of halogens is 1. The number of carbonyl (C=O) groups is 2. The van der Waals surface area contributed by atoms with Gasteiger partial charge < -0.3 is 10.2 Å². The number of piperidine rings is 1. The molecule has 5 heteroatoms. The van der Waals surface area contributed by atoms with Crippen LogP contribution in [0.5, 0.6) is 0 Å². The minimum Gasteiger partial charge on any atom is -0.356 e. The van der Waals surface area contributed by atoms with Gasteiger partial charge in [-0.2, -0.15) is 0 Å². The number of carbonyl (C=O) groups excluding carboxylic acids is 2. The first-order valence-electron chi connectivity index (χ1n) is 7.91. The molecule has 2 amide bonds. The molecule has 1 fully saturated rings. The third-order valence-corrected chi connectivity index (χ3v) is 4.18. The molecule has 22 heavy (non-hydrogen) atoms. The zero-order valence-electron chi connectivity index (χ0n) is 13.0. The van der Waals surface area contributed by atoms with Gasteiger partial charge in [-0.1, -0.05) is 24.6 Å². The van der Waals surface area contributed by atoms with Gasteiger partial charge in [-0.15, -0.1) is 0 Å². The van der Waals surface area contributed by atoms with Crippen molar-refractivity contribution < 1.29 is 9.59 Å². The van der Waals surface area contributed by atoms with Gasteiger partial charge in [0.1, 0.15) is 0 Å². The molecule has 0 spiro atoms. The minimum atomic E-state index is 0.0204. The predicted molar refractivity (Wildman–Crippen MR) is 88.0 cm³/mol. The van der Waals surface area contributed by atoms with Gasteiger partial charge in [0.25, 0.3) is 5.91 Å². The molecule has 4 nitrogen and oxygen atoms in total. The van der Waals surface area contributed by atoms with E-state index in [1.807, 2.05) is 11.8 Å². The molecular formula is C17H23ClN2O2. The van der Waals surface area contributed by atoms with E-state index < -0.39 is 0 Å². The highest BCUT2D eigenvalue weighted by atomic mass is 35.5. The summed E-state index contributed by atoms with van der Waals surface area (Å²) in [6, 6.07) is 7.06. The van der Waals surface area contributed by atoms with E-state index in [0.717, 1.165) is 25.8 Å². The highest BCUT2D eigenvalue weighted by molar-refractivity contribution is 6.30. The lowest BCUT2D eigenvalue weighted by atomic mass is 9.97. The minimum absolute atomic E-state index is 0.0204. The van der Waals surface area contributed by atoms with Crippen molar-refractivity contribution in [2.75, 3.05) is 19.6 Å². The molecule has 1 aliphatic heterocycles. The second-order valence-corrected chi connectivity index (χ2v) is 6.26. The maximum atomic E-state index is 12.5. The fourth-order valence-electron chi connectivity index (χ4n) is 2.79. The lowest BCUT2D eigenvalue weighted by Crippen LogP contribution is -2.43. The third kappa shape index (κ3) is 4.73. The standard InChI is InChI=1S/C17H23ClN2O2/c1-2-5-16(21)19-11-13-6-4-9-20(12-13)17(22)14-7-3-8-15(18)10-14/h3,7-8,10,13H,2,4-6,9,11-12H2,1H3,(H,19,21)/t13-/m0/s1. The summed E-state index contributed by atoms with van der Waals surface area (Å²) >= 11 is 5.95. The number of amides is 2. The number of likely N-dealkylation sites (tertiary alicyclic amines) is 1. The van der Waals surface area contributed by atoms with Gasteiger partial charge in [-0.05, 0) is 43.4 Å². The van der Waals surface area contributed by atoms with Crippen molar-refractivity contribution in [2.24, 2.45) is 5.92 Å². The maximum Gasteiger partial charge on any atom is 0.253 e. The molecule has 120 valence electrons. The topological polar surface area (TPSA) is 49.4 Å². The van der Waals surface area contributed by atoms with Crippen LogP contribution >= 0.6 is 11.6 Å². The first-order valence-corrected chi connectivity index (χ1v) is 8.29. The van der Waals surface area contributed by atoms with Gasteiger partial charge in [0.2, 0.25) is 5.91 Å². The molecule has 0 radical (unpaired) electrons. The SMILES string of the molecule is CCCC(=O)NC[C@@H]1CCCN(C(=O)c2cccc(Cl)c2)C1. The molecule has 2 rings (SSSR count). The summed E-state index contributed by atoms with van der Waals surface area (Å²) in [5, 5.41) is 3.54. The second kappa shape index (κ2) is 8.18. The second-order valence-electron chi connectivity index (χ2n) is 5.82. The predicted octanol–water partition coefficient (Wildman–Crippen LogP) is 3.11. The van der Waals surface area contributed by atoms with Crippen LogP contribution < -0.4 is 5.32 Å². The van der Waals surface area contributed by atoms with E-state index in [9.17, 15) is 9.59 Å². The first kappa shape index (κ1) is 16.8. The summed E-state index contributed by atoms with van der Waals surface area (Å²) in [5.41, 5.74) is 0.628. The Kier molecular flexibility index (Phi) is 6.25. The summed E-state index contributed by atoms with van der Waals surface area (Å²) < 4.78 is 0. The molecule has 1 heterocycles. The van der Waals surface area contributed by atoms with E-state index >= 15 is 0 Å². The summed E-state index contributed by atoms with van der Waals surface area (Å²) in [7, 11) is 0. The lowest BCUT2D eigenvalue weighted by molar-refractivity contribution is -0.121. The Bertz CT molecular complexity index is 533. The van der Waals surface area contributed by atoms with Gasteiger partial charge in [-0.3, -0.25) is 9.59 Å². The van der Waals surface area contributed by atoms with Crippen molar-refractivity contribution in [2.45, 2.75) is 32.6 Å². The molecular weight excluding hydrogens is 300 g/mol. The summed E-state index contributed by atoms with van der Waals surface area (Å²) in [4.78, 5) is 25.9. The van der Waals surface area contributed by atoms with Gasteiger partial charge in [0, 0.05) is 36.6 Å². The smallest absolute Gasteiger partial charge is 0.253 e. The molecule has 0 bridgehead atoms. The van der Waals surface area contributed by atoms with E-state index in [1.54, 1.807) is 24.3 Å². The lowest BCUT2D eigenvalue weighted by Gasteiger charge is -2.33. The molecule has 1 aromatic carbocycles. The van der Waals surface area contributed by atoms with E-state index in [1.165, 1.54) is 0 Å². The quantitative estimate of drug-likeness (QED) is 0.905. The van der Waals surface area contributed by atoms with Crippen molar-refractivity contribution in [3.8, 4) is 0 Å². The van der Waals surface area contributed by atoms with E-state index in [4.69, 9.17) is 11.6 Å². The largest absolute Gasteiger partial charge is 0.356 e. The van der Waals surface area contributed by atoms with E-state index in [2.05, 4.69) is 5.32 Å². The molecule has 0 unspecified atom stereocenters. The Balaban J connectivity index is 1.90. The summed E-state index contributed by atoms with van der Waals surface area (Å²) in [5.74, 6) is 0.450. The molecule has 0 aliphatic carbocycles. The Hall–Kier alpha value is -1.55. The van der Waals surface area contributed by atoms with E-state index in [0.29, 0.717) is 36.0 Å². The van der Waals surface area contributed by atoms with Crippen LogP contribution in [0.1, 0.15) is 43.0 Å². The van der Waals surface area contributed by atoms with Crippen LogP contribution in [0.2, 0.25) is 5.02 Å². The van der Waals surface area contributed by atoms with Gasteiger partial charge in [0.15, 0.2) is 0 Å². The van der Waals surface area contributed by atoms with Gasteiger partial charge >= 0.3 is 0 Å². The number of hydrogen-bond acceptors (Lipinski definition) is 2. The molecule has 1 atom stereocenters. The molecule has 1 saturated heterocycles. The van der Waals surface area contributed by atoms with Crippen molar-refractivity contribution >= 4 is 23.4 Å². The molecule has 1 aliphatic rings. The van der Waals surface area contributed by atoms with Crippen LogP contribution in [0, 0.1) is 5.92 Å². The van der Waals surface area contributed by atoms with Crippen LogP contribution in [-0.2, 0) is 4.79 Å². The Morgan fingerprint density at radius 2 is 2.23 bits per heavy atom. The van der Waals surface area contributed by atoms with Crippen molar-refractivity contribution in [3.63, 3.8) is 0 Å². The molecule has 0 aromatic heterocycles. The van der Waals surface area contributed by atoms with Crippen LogP contribution in [0.3, 0.4) is 0 Å². The van der Waals surface area contributed by atoms with Crippen LogP contribution in [0.25, 0.3) is 0 Å². The van der Waals surface area contributed by atoms with Gasteiger partial charge in [0.05, 0.1) is 0 Å². The monoisotopic (exact) mass is 322 g/mol. The average Bonchev–Trinajstić information content (AvgIpc) is 2.53. The summed E-state index contributed by atoms with van der Waals surface area (Å²) in [6.45, 7) is 4.10. The number of nitrogens with one attached hydrogen (secondary N) is 1. The van der Waals surface area contributed by atoms with E-state index in [-0.39, 0.29) is 11.8 Å². The Morgan fingerprint density at radius 3 is 2.95 bits per heavy atom. The van der Waals surface area contributed by atoms with Crippen LogP contribution in [0.15, 0.2) is 24.3 Å². The van der Waals surface area contributed by atoms with Crippen molar-refractivity contribution in [1.29, 1.82) is 0 Å². The van der Waals surface area contributed by atoms with Crippen LogP contribution in [-0.4, -0.2) is 36.3 Å².